The lowest BCUT2D eigenvalue weighted by Gasteiger charge is -2.12. The molecule has 2 amide bonds. The number of benzene rings is 3. The first-order valence-electron chi connectivity index (χ1n) is 9.41. The molecule has 0 fully saturated rings. The zero-order valence-corrected chi connectivity index (χ0v) is 18.4. The molecule has 0 spiro atoms. The molecule has 0 aliphatic rings. The average Bonchev–Trinajstić information content (AvgIpc) is 2.79. The highest BCUT2D eigenvalue weighted by atomic mass is 79.9. The molecular formula is C23H16BrN3O6. The van der Waals surface area contributed by atoms with Crippen LogP contribution in [0.15, 0.2) is 83.0 Å². The Morgan fingerprint density at radius 1 is 0.939 bits per heavy atom. The predicted octanol–water partition coefficient (Wildman–Crippen LogP) is 4.47. The third-order valence-electron chi connectivity index (χ3n) is 4.34. The van der Waals surface area contributed by atoms with Crippen molar-refractivity contribution in [3.05, 3.63) is 110 Å². The van der Waals surface area contributed by atoms with E-state index in [-0.39, 0.29) is 28.2 Å². The minimum absolute atomic E-state index is 0.0322. The largest absolute Gasteiger partial charge is 0.478 e. The lowest BCUT2D eigenvalue weighted by molar-refractivity contribution is -0.384. The fraction of sp³-hybridized carbons (Fsp3) is 0. The maximum atomic E-state index is 13.0. The van der Waals surface area contributed by atoms with Crippen LogP contribution in [0.3, 0.4) is 0 Å². The molecule has 0 unspecified atom stereocenters. The van der Waals surface area contributed by atoms with Gasteiger partial charge in [0, 0.05) is 27.9 Å². The van der Waals surface area contributed by atoms with Gasteiger partial charge in [0.1, 0.15) is 5.70 Å². The molecule has 9 nitrogen and oxygen atoms in total. The van der Waals surface area contributed by atoms with E-state index in [0.29, 0.717) is 10.0 Å². The second kappa shape index (κ2) is 10.3. The molecule has 3 aromatic rings. The molecule has 0 saturated carbocycles. The van der Waals surface area contributed by atoms with Crippen molar-refractivity contribution in [3.8, 4) is 0 Å². The summed E-state index contributed by atoms with van der Waals surface area (Å²) in [7, 11) is 0. The van der Waals surface area contributed by atoms with Crippen molar-refractivity contribution in [2.24, 2.45) is 0 Å². The number of non-ortho nitro benzene ring substituents is 1. The molecule has 0 atom stereocenters. The van der Waals surface area contributed by atoms with Gasteiger partial charge in [-0.3, -0.25) is 19.7 Å². The normalized spacial score (nSPS) is 10.9. The van der Waals surface area contributed by atoms with Crippen LogP contribution in [-0.4, -0.2) is 27.8 Å². The fourth-order valence-electron chi connectivity index (χ4n) is 2.81. The number of carboxylic acid groups (broad SMARTS) is 1. The topological polar surface area (TPSA) is 139 Å². The van der Waals surface area contributed by atoms with Crippen molar-refractivity contribution in [2.75, 3.05) is 5.32 Å². The van der Waals surface area contributed by atoms with Crippen LogP contribution in [0.2, 0.25) is 0 Å². The Morgan fingerprint density at radius 3 is 2.33 bits per heavy atom. The molecule has 33 heavy (non-hydrogen) atoms. The summed E-state index contributed by atoms with van der Waals surface area (Å²) in [6, 6.07) is 17.6. The number of anilines is 1. The van der Waals surface area contributed by atoms with Gasteiger partial charge in [-0.2, -0.15) is 0 Å². The zero-order chi connectivity index (χ0) is 24.0. The fourth-order valence-corrected chi connectivity index (χ4v) is 3.21. The van der Waals surface area contributed by atoms with Crippen LogP contribution in [0, 0.1) is 10.1 Å². The molecule has 3 N–H and O–H groups in total. The smallest absolute Gasteiger partial charge is 0.335 e. The highest BCUT2D eigenvalue weighted by Crippen LogP contribution is 2.18. The minimum atomic E-state index is -1.17. The Hall–Kier alpha value is -4.31. The summed E-state index contributed by atoms with van der Waals surface area (Å²) in [5.74, 6) is -2.49. The number of nitrogens with zero attached hydrogens (tertiary/aromatic N) is 1. The molecule has 3 aromatic carbocycles. The highest BCUT2D eigenvalue weighted by Gasteiger charge is 2.17. The monoisotopic (exact) mass is 509 g/mol. The maximum Gasteiger partial charge on any atom is 0.335 e. The molecule has 0 bridgehead atoms. The van der Waals surface area contributed by atoms with Gasteiger partial charge in [0.25, 0.3) is 17.5 Å². The molecule has 0 aliphatic carbocycles. The van der Waals surface area contributed by atoms with E-state index in [1.54, 1.807) is 24.3 Å². The SMILES string of the molecule is O=C(Nc1cccc(C(=O)O)c1)/C(=C\c1cccc([N+](=O)[O-])c1)NC(=O)c1cccc(Br)c1. The van der Waals surface area contributed by atoms with E-state index in [0.717, 1.165) is 0 Å². The number of amides is 2. The maximum absolute atomic E-state index is 13.0. The number of carbonyl (C=O) groups is 3. The van der Waals surface area contributed by atoms with Crippen LogP contribution in [0.5, 0.6) is 0 Å². The zero-order valence-electron chi connectivity index (χ0n) is 16.8. The van der Waals surface area contributed by atoms with E-state index in [9.17, 15) is 24.5 Å². The number of nitro benzene ring substituents is 1. The Morgan fingerprint density at radius 2 is 1.64 bits per heavy atom. The van der Waals surface area contributed by atoms with E-state index >= 15 is 0 Å². The summed E-state index contributed by atoms with van der Waals surface area (Å²) >= 11 is 3.28. The van der Waals surface area contributed by atoms with Gasteiger partial charge in [0.15, 0.2) is 0 Å². The Bertz CT molecular complexity index is 1290. The number of hydrogen-bond donors (Lipinski definition) is 3. The first-order chi connectivity index (χ1) is 15.7. The standard InChI is InChI=1S/C23H16BrN3O6/c24-17-7-2-5-15(12-17)21(28)26-20(11-14-4-1-9-19(10-14)27(32)33)22(29)25-18-8-3-6-16(13-18)23(30)31/h1-13H,(H,25,29)(H,26,28)(H,30,31)/b20-11+. The molecule has 166 valence electrons. The first-order valence-corrected chi connectivity index (χ1v) is 10.2. The molecule has 10 heteroatoms. The van der Waals surface area contributed by atoms with E-state index in [1.807, 2.05) is 0 Å². The van der Waals surface area contributed by atoms with Crippen LogP contribution in [-0.2, 0) is 4.79 Å². The summed E-state index contributed by atoms with van der Waals surface area (Å²) in [6.45, 7) is 0. The van der Waals surface area contributed by atoms with Gasteiger partial charge in [0.2, 0.25) is 0 Å². The number of hydrogen-bond acceptors (Lipinski definition) is 5. The molecule has 0 saturated heterocycles. The van der Waals surface area contributed by atoms with Crippen molar-refractivity contribution in [3.63, 3.8) is 0 Å². The second-order valence-corrected chi connectivity index (χ2v) is 7.63. The van der Waals surface area contributed by atoms with Gasteiger partial charge >= 0.3 is 5.97 Å². The number of carboxylic acids is 1. The third kappa shape index (κ3) is 6.34. The Balaban J connectivity index is 1.95. The van der Waals surface area contributed by atoms with E-state index in [1.165, 1.54) is 54.6 Å². The molecule has 0 aromatic heterocycles. The van der Waals surface area contributed by atoms with Crippen molar-refractivity contribution in [1.82, 2.24) is 5.32 Å². The minimum Gasteiger partial charge on any atom is -0.478 e. The van der Waals surface area contributed by atoms with E-state index < -0.39 is 22.7 Å². The third-order valence-corrected chi connectivity index (χ3v) is 4.83. The predicted molar refractivity (Wildman–Crippen MR) is 125 cm³/mol. The number of nitro groups is 1. The number of carbonyl (C=O) groups excluding carboxylic acids is 2. The van der Waals surface area contributed by atoms with Gasteiger partial charge in [-0.25, -0.2) is 4.79 Å². The van der Waals surface area contributed by atoms with Gasteiger partial charge in [-0.15, -0.1) is 0 Å². The van der Waals surface area contributed by atoms with Crippen molar-refractivity contribution >= 4 is 51.2 Å². The Kier molecular flexibility index (Phi) is 7.31. The van der Waals surface area contributed by atoms with E-state index in [4.69, 9.17) is 5.11 Å². The molecular weight excluding hydrogens is 494 g/mol. The lowest BCUT2D eigenvalue weighted by atomic mass is 10.1. The number of aromatic carboxylic acids is 1. The van der Waals surface area contributed by atoms with Gasteiger partial charge in [-0.1, -0.05) is 40.2 Å². The summed E-state index contributed by atoms with van der Waals surface area (Å²) in [5, 5.41) is 25.3. The molecule has 0 aliphatic heterocycles. The van der Waals surface area contributed by atoms with Gasteiger partial charge in [-0.05, 0) is 48.0 Å². The number of nitrogens with one attached hydrogen (secondary N) is 2. The number of rotatable bonds is 7. The lowest BCUT2D eigenvalue weighted by Crippen LogP contribution is -2.30. The van der Waals surface area contributed by atoms with Crippen molar-refractivity contribution in [2.45, 2.75) is 0 Å². The molecule has 0 heterocycles. The number of halogens is 1. The van der Waals surface area contributed by atoms with Crippen molar-refractivity contribution in [1.29, 1.82) is 0 Å². The van der Waals surface area contributed by atoms with Gasteiger partial charge in [0.05, 0.1) is 10.5 Å². The van der Waals surface area contributed by atoms with E-state index in [2.05, 4.69) is 26.6 Å². The highest BCUT2D eigenvalue weighted by molar-refractivity contribution is 9.10. The quantitative estimate of drug-likeness (QED) is 0.244. The average molecular weight is 510 g/mol. The molecule has 0 radical (unpaired) electrons. The molecule has 3 rings (SSSR count). The van der Waals surface area contributed by atoms with Crippen molar-refractivity contribution < 1.29 is 24.4 Å². The van der Waals surface area contributed by atoms with Crippen LogP contribution in [0.1, 0.15) is 26.3 Å². The van der Waals surface area contributed by atoms with Crippen LogP contribution in [0.25, 0.3) is 6.08 Å². The summed E-state index contributed by atoms with van der Waals surface area (Å²) in [5.41, 5.74) is 0.368. The first kappa shape index (κ1) is 23.4. The summed E-state index contributed by atoms with van der Waals surface area (Å²) in [4.78, 5) is 47.4. The summed E-state index contributed by atoms with van der Waals surface area (Å²) in [6.07, 6.45) is 1.29. The van der Waals surface area contributed by atoms with Crippen LogP contribution in [0.4, 0.5) is 11.4 Å². The Labute approximate surface area is 196 Å². The summed E-state index contributed by atoms with van der Waals surface area (Å²) < 4.78 is 0.661. The second-order valence-electron chi connectivity index (χ2n) is 6.71. The van der Waals surface area contributed by atoms with Crippen LogP contribution < -0.4 is 10.6 Å². The van der Waals surface area contributed by atoms with Gasteiger partial charge < -0.3 is 15.7 Å². The van der Waals surface area contributed by atoms with Crippen LogP contribution >= 0.6 is 15.9 Å².